The zero-order chi connectivity index (χ0) is 36.3. The first-order valence-electron chi connectivity index (χ1n) is 19.1. The lowest BCUT2D eigenvalue weighted by Gasteiger charge is -2.40. The van der Waals surface area contributed by atoms with Gasteiger partial charge >= 0.3 is 18.2 Å². The summed E-state index contributed by atoms with van der Waals surface area (Å²) in [6.45, 7) is 14.0. The molecule has 2 amide bonds. The molecule has 2 N–H and O–H groups in total. The van der Waals surface area contributed by atoms with Crippen LogP contribution >= 0.6 is 0 Å². The van der Waals surface area contributed by atoms with Crippen molar-refractivity contribution >= 4 is 18.2 Å². The van der Waals surface area contributed by atoms with E-state index in [0.29, 0.717) is 25.0 Å². The van der Waals surface area contributed by atoms with Crippen molar-refractivity contribution in [3.05, 3.63) is 36.0 Å². The minimum atomic E-state index is -1.46. The third-order valence-corrected chi connectivity index (χ3v) is 10.9. The zero-order valence-corrected chi connectivity index (χ0v) is 31.1. The number of nitrogens with zero attached hydrogens (tertiary/aromatic N) is 3. The highest BCUT2D eigenvalue weighted by atomic mass is 16.6. The van der Waals surface area contributed by atoms with E-state index in [-0.39, 0.29) is 43.8 Å². The summed E-state index contributed by atoms with van der Waals surface area (Å²) in [5, 5.41) is 22.2. The zero-order valence-electron chi connectivity index (χ0n) is 31.1. The Bertz CT molecular complexity index is 1200. The summed E-state index contributed by atoms with van der Waals surface area (Å²) in [6.07, 6.45) is 14.5. The van der Waals surface area contributed by atoms with Crippen LogP contribution in [0.4, 0.5) is 9.59 Å². The molecule has 0 aromatic rings. The number of hydrogen-bond donors (Lipinski definition) is 2. The number of rotatable bonds is 7. The molecule has 0 spiro atoms. The molecule has 4 aliphatic rings. The van der Waals surface area contributed by atoms with E-state index >= 15 is 0 Å². The van der Waals surface area contributed by atoms with Gasteiger partial charge in [-0.05, 0) is 63.5 Å². The number of allylic oxidation sites excluding steroid dienone is 2. The van der Waals surface area contributed by atoms with Crippen molar-refractivity contribution in [1.29, 1.82) is 0 Å². The molecular formula is C39H63N3O8. The van der Waals surface area contributed by atoms with Crippen LogP contribution in [-0.2, 0) is 19.0 Å². The van der Waals surface area contributed by atoms with Crippen LogP contribution in [0.5, 0.6) is 0 Å². The number of piperazine rings is 1. The maximum Gasteiger partial charge on any atom is 0.410 e. The van der Waals surface area contributed by atoms with Gasteiger partial charge in [-0.1, -0.05) is 70.8 Å². The second-order valence-electron chi connectivity index (χ2n) is 15.6. The van der Waals surface area contributed by atoms with Gasteiger partial charge in [0.1, 0.15) is 11.7 Å². The van der Waals surface area contributed by atoms with Crippen LogP contribution in [0.2, 0.25) is 0 Å². The van der Waals surface area contributed by atoms with Crippen molar-refractivity contribution in [1.82, 2.24) is 14.7 Å². The molecule has 282 valence electrons. The van der Waals surface area contributed by atoms with Crippen molar-refractivity contribution in [2.75, 3.05) is 45.9 Å². The molecule has 1 saturated carbocycles. The van der Waals surface area contributed by atoms with Gasteiger partial charge in [0.2, 0.25) is 0 Å². The third-order valence-electron chi connectivity index (χ3n) is 10.9. The Morgan fingerprint density at radius 1 is 1.00 bits per heavy atom. The van der Waals surface area contributed by atoms with Crippen LogP contribution in [0.1, 0.15) is 98.8 Å². The fourth-order valence-corrected chi connectivity index (χ4v) is 7.47. The van der Waals surface area contributed by atoms with Crippen molar-refractivity contribution in [3.8, 4) is 0 Å². The highest BCUT2D eigenvalue weighted by molar-refractivity contribution is 5.70. The minimum absolute atomic E-state index is 0.0215. The Morgan fingerprint density at radius 2 is 1.70 bits per heavy atom. The van der Waals surface area contributed by atoms with Crippen molar-refractivity contribution in [2.24, 2.45) is 17.8 Å². The molecule has 3 fully saturated rings. The number of ether oxygens (including phenoxy) is 3. The minimum Gasteiger partial charge on any atom is -0.457 e. The second-order valence-corrected chi connectivity index (χ2v) is 15.6. The predicted octanol–water partition coefficient (Wildman–Crippen LogP) is 5.85. The summed E-state index contributed by atoms with van der Waals surface area (Å²) < 4.78 is 17.4. The highest BCUT2D eigenvalue weighted by Gasteiger charge is 2.37. The van der Waals surface area contributed by atoms with Gasteiger partial charge < -0.3 is 34.2 Å². The monoisotopic (exact) mass is 701 g/mol. The number of aliphatic hydroxyl groups excluding tert-OH is 1. The van der Waals surface area contributed by atoms with Gasteiger partial charge in [-0.2, -0.15) is 0 Å². The van der Waals surface area contributed by atoms with Crippen LogP contribution in [0.25, 0.3) is 0 Å². The van der Waals surface area contributed by atoms with E-state index < -0.39 is 36.0 Å². The molecule has 0 bridgehead atoms. The fourth-order valence-electron chi connectivity index (χ4n) is 7.47. The van der Waals surface area contributed by atoms with E-state index in [0.717, 1.165) is 38.2 Å². The molecule has 50 heavy (non-hydrogen) atoms. The Morgan fingerprint density at radius 3 is 2.36 bits per heavy atom. The van der Waals surface area contributed by atoms with Gasteiger partial charge in [-0.3, -0.25) is 9.69 Å². The predicted molar refractivity (Wildman–Crippen MR) is 192 cm³/mol. The summed E-state index contributed by atoms with van der Waals surface area (Å²) in [7, 11) is 0. The van der Waals surface area contributed by atoms with E-state index in [2.05, 4.69) is 11.8 Å². The average Bonchev–Trinajstić information content (AvgIpc) is 3.34. The molecule has 1 unspecified atom stereocenters. The lowest BCUT2D eigenvalue weighted by molar-refractivity contribution is -0.151. The summed E-state index contributed by atoms with van der Waals surface area (Å²) in [4.78, 5) is 44.7. The standard InChI is InChI=1S/C39H63N3O8/c1-28-18-20-42(26-28)37(45)48-27-29(2)11-10-12-30(3)36-31(4)15-16-34(39(5,47)19-17-33(43)25-35(44)50-36)49-38(46)41-23-21-40(22-24-41)32-13-8-6-7-9-14-32/h10-12,15-16,28-29,31-34,36,43,47H,6-9,13-14,17-27H2,1-5H3/b11-10+,16-15+,30-12+/t28-,29?,31+,33+,34+,36-,39+/m1/s1. The largest absolute Gasteiger partial charge is 0.457 e. The van der Waals surface area contributed by atoms with Crippen LogP contribution in [0, 0.1) is 17.8 Å². The van der Waals surface area contributed by atoms with Crippen LogP contribution in [0.3, 0.4) is 0 Å². The molecule has 2 saturated heterocycles. The molecule has 0 aromatic heterocycles. The topological polar surface area (TPSA) is 129 Å². The van der Waals surface area contributed by atoms with Gasteiger partial charge in [0.05, 0.1) is 19.1 Å². The number of carbonyl (C=O) groups is 3. The van der Waals surface area contributed by atoms with Crippen molar-refractivity contribution in [3.63, 3.8) is 0 Å². The molecule has 0 aromatic carbocycles. The summed E-state index contributed by atoms with van der Waals surface area (Å²) in [6, 6.07) is 0.588. The number of likely N-dealkylation sites (tertiary alicyclic amines) is 1. The molecule has 3 heterocycles. The van der Waals surface area contributed by atoms with E-state index in [4.69, 9.17) is 14.2 Å². The summed E-state index contributed by atoms with van der Waals surface area (Å²) in [5.74, 6) is -0.385. The van der Waals surface area contributed by atoms with Crippen LogP contribution in [-0.4, -0.2) is 119 Å². The number of aliphatic hydroxyl groups is 2. The number of hydrogen-bond acceptors (Lipinski definition) is 9. The van der Waals surface area contributed by atoms with Crippen LogP contribution < -0.4 is 0 Å². The van der Waals surface area contributed by atoms with E-state index in [9.17, 15) is 24.6 Å². The molecule has 7 atom stereocenters. The van der Waals surface area contributed by atoms with Gasteiger partial charge in [-0.15, -0.1) is 0 Å². The van der Waals surface area contributed by atoms with E-state index in [1.807, 2.05) is 45.1 Å². The van der Waals surface area contributed by atoms with E-state index in [1.54, 1.807) is 22.8 Å². The SMILES string of the molecule is C/C(=C\C=C\C(C)COC(=O)N1CC[C@@H](C)C1)[C@H]1OC(=O)C[C@@H](O)CC[C@](C)(O)[C@@H](OC(=O)N2CCN(C3CCCCCC3)CC2)/C=C/[C@@H]1C. The summed E-state index contributed by atoms with van der Waals surface area (Å²) in [5.41, 5.74) is -0.686. The molecule has 11 heteroatoms. The highest BCUT2D eigenvalue weighted by Crippen LogP contribution is 2.28. The van der Waals surface area contributed by atoms with Gasteiger partial charge in [0.25, 0.3) is 0 Å². The first-order chi connectivity index (χ1) is 23.8. The Balaban J connectivity index is 1.39. The number of esters is 1. The maximum atomic E-state index is 13.4. The number of cyclic esters (lactones) is 1. The molecular weight excluding hydrogens is 638 g/mol. The first-order valence-corrected chi connectivity index (χ1v) is 19.1. The molecule has 4 rings (SSSR count). The lowest BCUT2D eigenvalue weighted by atomic mass is 9.89. The smallest absolute Gasteiger partial charge is 0.410 e. The number of amides is 2. The second kappa shape index (κ2) is 19.1. The average molecular weight is 702 g/mol. The normalized spacial score (nSPS) is 32.8. The maximum absolute atomic E-state index is 13.4. The third kappa shape index (κ3) is 12.1. The van der Waals surface area contributed by atoms with Crippen molar-refractivity contribution < 1.29 is 38.8 Å². The van der Waals surface area contributed by atoms with Crippen molar-refractivity contribution in [2.45, 2.75) is 129 Å². The fraction of sp³-hybridized carbons (Fsp3) is 0.769. The lowest BCUT2D eigenvalue weighted by Crippen LogP contribution is -2.53. The quantitative estimate of drug-likeness (QED) is 0.110. The van der Waals surface area contributed by atoms with E-state index in [1.165, 1.54) is 38.5 Å². The molecule has 3 aliphatic heterocycles. The van der Waals surface area contributed by atoms with Crippen LogP contribution in [0.15, 0.2) is 36.0 Å². The van der Waals surface area contributed by atoms with Gasteiger partial charge in [0, 0.05) is 57.1 Å². The molecule has 1 aliphatic carbocycles. The Hall–Kier alpha value is -2.89. The summed E-state index contributed by atoms with van der Waals surface area (Å²) >= 11 is 0. The van der Waals surface area contributed by atoms with Gasteiger partial charge in [-0.25, -0.2) is 9.59 Å². The molecule has 0 radical (unpaired) electrons. The van der Waals surface area contributed by atoms with Gasteiger partial charge in [0.15, 0.2) is 6.10 Å². The number of carbonyl (C=O) groups excluding carboxylic acids is 3. The Kier molecular flexibility index (Phi) is 15.2. The molecule has 11 nitrogen and oxygen atoms in total. The Labute approximate surface area is 299 Å². The first kappa shape index (κ1) is 39.9.